The molecule has 0 unspecified atom stereocenters. The Morgan fingerprint density at radius 2 is 2.38 bits per heavy atom. The number of allylic oxidation sites excluding steroid dienone is 1. The molecule has 86 valence electrons. The zero-order chi connectivity index (χ0) is 11.4. The maximum Gasteiger partial charge on any atom is 0.130 e. The number of ether oxygens (including phenoxy) is 1. The molecule has 0 aromatic heterocycles. The highest BCUT2D eigenvalue weighted by Crippen LogP contribution is 2.33. The number of hydrogen-bond acceptors (Lipinski definition) is 2. The van der Waals surface area contributed by atoms with Crippen molar-refractivity contribution >= 4 is 5.57 Å². The molecule has 2 nitrogen and oxygen atoms in total. The summed E-state index contributed by atoms with van der Waals surface area (Å²) in [7, 11) is 1.98. The fourth-order valence-electron chi connectivity index (χ4n) is 2.07. The summed E-state index contributed by atoms with van der Waals surface area (Å²) in [6, 6.07) is 6.43. The van der Waals surface area contributed by atoms with E-state index in [1.807, 2.05) is 7.05 Å². The highest BCUT2D eigenvalue weighted by atomic mass is 16.5. The summed E-state index contributed by atoms with van der Waals surface area (Å²) in [4.78, 5) is 0. The second-order valence-corrected chi connectivity index (χ2v) is 4.17. The molecule has 0 radical (unpaired) electrons. The van der Waals surface area contributed by atoms with E-state index in [-0.39, 0.29) is 0 Å². The third-order valence-electron chi connectivity index (χ3n) is 2.98. The van der Waals surface area contributed by atoms with Gasteiger partial charge in [-0.3, -0.25) is 0 Å². The molecular formula is C14H19NO. The van der Waals surface area contributed by atoms with Crippen molar-refractivity contribution in [2.75, 3.05) is 20.2 Å². The summed E-state index contributed by atoms with van der Waals surface area (Å²) >= 11 is 0. The van der Waals surface area contributed by atoms with Crippen molar-refractivity contribution in [3.63, 3.8) is 0 Å². The van der Waals surface area contributed by atoms with E-state index < -0.39 is 0 Å². The van der Waals surface area contributed by atoms with Gasteiger partial charge in [0, 0.05) is 12.0 Å². The maximum atomic E-state index is 5.70. The number of fused-ring (bicyclic) bond motifs is 1. The first-order valence-electron chi connectivity index (χ1n) is 5.89. The van der Waals surface area contributed by atoms with Crippen molar-refractivity contribution < 1.29 is 4.74 Å². The molecule has 0 saturated carbocycles. The normalized spacial score (nSPS) is 14.8. The fourth-order valence-corrected chi connectivity index (χ4v) is 2.07. The molecule has 2 heteroatoms. The lowest BCUT2D eigenvalue weighted by molar-refractivity contribution is 0.356. The van der Waals surface area contributed by atoms with Gasteiger partial charge in [0.15, 0.2) is 0 Å². The lowest BCUT2D eigenvalue weighted by Crippen LogP contribution is -2.06. The van der Waals surface area contributed by atoms with E-state index in [0.717, 1.165) is 31.7 Å². The molecule has 16 heavy (non-hydrogen) atoms. The summed E-state index contributed by atoms with van der Waals surface area (Å²) in [6.45, 7) is 4.01. The number of benzene rings is 1. The van der Waals surface area contributed by atoms with Crippen LogP contribution in [0.5, 0.6) is 5.75 Å². The van der Waals surface area contributed by atoms with Crippen LogP contribution in [-0.2, 0) is 6.42 Å². The molecule has 0 fully saturated rings. The van der Waals surface area contributed by atoms with Gasteiger partial charge in [0.05, 0.1) is 6.61 Å². The molecule has 1 heterocycles. The smallest absolute Gasteiger partial charge is 0.130 e. The molecule has 1 aromatic rings. The Balaban J connectivity index is 2.20. The molecule has 0 bridgehead atoms. The minimum Gasteiger partial charge on any atom is -0.492 e. The van der Waals surface area contributed by atoms with Gasteiger partial charge in [0.25, 0.3) is 0 Å². The van der Waals surface area contributed by atoms with Gasteiger partial charge in [0.2, 0.25) is 0 Å². The van der Waals surface area contributed by atoms with Crippen molar-refractivity contribution in [3.05, 3.63) is 35.4 Å². The van der Waals surface area contributed by atoms with Crippen LogP contribution in [0.25, 0.3) is 5.57 Å². The van der Waals surface area contributed by atoms with E-state index in [1.165, 1.54) is 16.7 Å². The monoisotopic (exact) mass is 217 g/mol. The van der Waals surface area contributed by atoms with E-state index in [9.17, 15) is 0 Å². The second-order valence-electron chi connectivity index (χ2n) is 4.17. The van der Waals surface area contributed by atoms with Gasteiger partial charge in [-0.2, -0.15) is 0 Å². The quantitative estimate of drug-likeness (QED) is 0.783. The number of hydrogen-bond donors (Lipinski definition) is 1. The molecule has 0 aliphatic carbocycles. The third-order valence-corrected chi connectivity index (χ3v) is 2.98. The summed E-state index contributed by atoms with van der Waals surface area (Å²) in [6.07, 6.45) is 4.38. The molecule has 2 rings (SSSR count). The van der Waals surface area contributed by atoms with E-state index in [4.69, 9.17) is 4.74 Å². The van der Waals surface area contributed by atoms with E-state index in [0.29, 0.717) is 0 Å². The van der Waals surface area contributed by atoms with Gasteiger partial charge >= 0.3 is 0 Å². The molecule has 1 N–H and O–H groups in total. The van der Waals surface area contributed by atoms with Crippen LogP contribution >= 0.6 is 0 Å². The van der Waals surface area contributed by atoms with Gasteiger partial charge in [0.1, 0.15) is 5.75 Å². The number of nitrogens with one attached hydrogen (secondary N) is 1. The average molecular weight is 217 g/mol. The SMILES string of the molecule is CNCC/C=C(/C)c1cccc2c1OCC2. The Labute approximate surface area is 97.3 Å². The van der Waals surface area contributed by atoms with Gasteiger partial charge in [-0.25, -0.2) is 0 Å². The summed E-state index contributed by atoms with van der Waals surface area (Å²) in [5.41, 5.74) is 3.92. The topological polar surface area (TPSA) is 21.3 Å². The summed E-state index contributed by atoms with van der Waals surface area (Å²) in [5.74, 6) is 1.10. The Kier molecular flexibility index (Phi) is 3.62. The van der Waals surface area contributed by atoms with Gasteiger partial charge in [-0.15, -0.1) is 0 Å². The Morgan fingerprint density at radius 1 is 1.50 bits per heavy atom. The van der Waals surface area contributed by atoms with Crippen LogP contribution in [0.4, 0.5) is 0 Å². The number of para-hydroxylation sites is 1. The molecule has 1 aliphatic rings. The van der Waals surface area contributed by atoms with Gasteiger partial charge in [-0.05, 0) is 38.1 Å². The predicted octanol–water partition coefficient (Wildman–Crippen LogP) is 2.63. The van der Waals surface area contributed by atoms with Crippen LogP contribution in [0.15, 0.2) is 24.3 Å². The maximum absolute atomic E-state index is 5.70. The van der Waals surface area contributed by atoms with Crippen molar-refractivity contribution in [2.45, 2.75) is 19.8 Å². The minimum atomic E-state index is 0.830. The Bertz CT molecular complexity index is 396. The Morgan fingerprint density at radius 3 is 3.19 bits per heavy atom. The van der Waals surface area contributed by atoms with Crippen molar-refractivity contribution in [2.24, 2.45) is 0 Å². The van der Waals surface area contributed by atoms with Crippen molar-refractivity contribution in [1.82, 2.24) is 5.32 Å². The fraction of sp³-hybridized carbons (Fsp3) is 0.429. The third kappa shape index (κ3) is 2.27. The highest BCUT2D eigenvalue weighted by molar-refractivity contribution is 5.71. The van der Waals surface area contributed by atoms with Gasteiger partial charge < -0.3 is 10.1 Å². The van der Waals surface area contributed by atoms with Crippen LogP contribution in [0.1, 0.15) is 24.5 Å². The minimum absolute atomic E-state index is 0.830. The zero-order valence-electron chi connectivity index (χ0n) is 10.0. The lowest BCUT2D eigenvalue weighted by atomic mass is 10.0. The molecule has 0 spiro atoms. The first-order chi connectivity index (χ1) is 7.83. The van der Waals surface area contributed by atoms with E-state index in [1.54, 1.807) is 0 Å². The van der Waals surface area contributed by atoms with E-state index >= 15 is 0 Å². The second kappa shape index (κ2) is 5.17. The standard InChI is InChI=1S/C14H19NO/c1-11(5-4-9-15-2)13-7-3-6-12-8-10-16-14(12)13/h3,5-7,15H,4,8-10H2,1-2H3/b11-5-. The Hall–Kier alpha value is -1.28. The lowest BCUT2D eigenvalue weighted by Gasteiger charge is -2.08. The molecule has 0 atom stereocenters. The largest absolute Gasteiger partial charge is 0.492 e. The highest BCUT2D eigenvalue weighted by Gasteiger charge is 2.16. The molecular weight excluding hydrogens is 198 g/mol. The molecule has 1 aliphatic heterocycles. The summed E-state index contributed by atoms with van der Waals surface area (Å²) in [5, 5.41) is 3.15. The van der Waals surface area contributed by atoms with Crippen LogP contribution in [-0.4, -0.2) is 20.2 Å². The zero-order valence-corrected chi connectivity index (χ0v) is 10.0. The average Bonchev–Trinajstić information content (AvgIpc) is 2.76. The van der Waals surface area contributed by atoms with Crippen LogP contribution < -0.4 is 10.1 Å². The first-order valence-corrected chi connectivity index (χ1v) is 5.89. The van der Waals surface area contributed by atoms with Crippen molar-refractivity contribution in [3.8, 4) is 5.75 Å². The van der Waals surface area contributed by atoms with Crippen LogP contribution in [0.2, 0.25) is 0 Å². The molecule has 0 saturated heterocycles. The first kappa shape index (κ1) is 11.2. The number of rotatable bonds is 4. The van der Waals surface area contributed by atoms with Crippen molar-refractivity contribution in [1.29, 1.82) is 0 Å². The van der Waals surface area contributed by atoms with Gasteiger partial charge in [-0.1, -0.05) is 24.3 Å². The summed E-state index contributed by atoms with van der Waals surface area (Å²) < 4.78 is 5.70. The molecule has 0 amide bonds. The van der Waals surface area contributed by atoms with Crippen LogP contribution in [0.3, 0.4) is 0 Å². The molecule has 1 aromatic carbocycles. The van der Waals surface area contributed by atoms with E-state index in [2.05, 4.69) is 36.5 Å². The predicted molar refractivity (Wildman–Crippen MR) is 67.8 cm³/mol. The van der Waals surface area contributed by atoms with Crippen LogP contribution in [0, 0.1) is 0 Å².